The van der Waals surface area contributed by atoms with Gasteiger partial charge >= 0.3 is 6.01 Å². The third kappa shape index (κ3) is 3.19. The number of rotatable bonds is 4. The summed E-state index contributed by atoms with van der Waals surface area (Å²) in [5.74, 6) is 1.68. The normalized spacial score (nSPS) is 19.5. The van der Waals surface area contributed by atoms with Crippen molar-refractivity contribution in [3.05, 3.63) is 5.82 Å². The molecular weight excluding hydrogens is 218 g/mol. The van der Waals surface area contributed by atoms with Gasteiger partial charge in [-0.25, -0.2) is 0 Å². The van der Waals surface area contributed by atoms with Crippen molar-refractivity contribution in [2.45, 2.75) is 45.6 Å². The number of nitrogens with one attached hydrogen (secondary N) is 1. The molecule has 1 atom stereocenters. The molecule has 1 aromatic rings. The molecule has 1 aliphatic rings. The fraction of sp³-hybridized carbons (Fsp3) is 0.833. The molecule has 5 heteroatoms. The highest BCUT2D eigenvalue weighted by Crippen LogP contribution is 2.21. The van der Waals surface area contributed by atoms with E-state index < -0.39 is 0 Å². The Labute approximate surface area is 102 Å². The van der Waals surface area contributed by atoms with Gasteiger partial charge in [0.2, 0.25) is 0 Å². The molecule has 1 saturated heterocycles. The average molecular weight is 239 g/mol. The van der Waals surface area contributed by atoms with E-state index in [4.69, 9.17) is 9.26 Å². The van der Waals surface area contributed by atoms with E-state index in [1.807, 2.05) is 0 Å². The van der Waals surface area contributed by atoms with Crippen LogP contribution in [0.1, 0.15) is 45.4 Å². The van der Waals surface area contributed by atoms with E-state index in [1.54, 1.807) is 0 Å². The summed E-state index contributed by atoms with van der Waals surface area (Å²) in [5.41, 5.74) is 0. The SMILES string of the molecule is CC(C)c1noc(NC(C)C2CCOCC2)n1. The van der Waals surface area contributed by atoms with Crippen molar-refractivity contribution in [2.24, 2.45) is 5.92 Å². The standard InChI is InChI=1S/C12H21N3O2/c1-8(2)11-14-12(17-15-11)13-9(3)10-4-6-16-7-5-10/h8-10H,4-7H2,1-3H3,(H,13,14,15). The molecule has 1 unspecified atom stereocenters. The predicted molar refractivity (Wildman–Crippen MR) is 65.0 cm³/mol. The molecular formula is C12H21N3O2. The smallest absolute Gasteiger partial charge is 0.321 e. The fourth-order valence-electron chi connectivity index (χ4n) is 2.06. The van der Waals surface area contributed by atoms with E-state index in [-0.39, 0.29) is 0 Å². The van der Waals surface area contributed by atoms with Gasteiger partial charge in [-0.05, 0) is 25.7 Å². The van der Waals surface area contributed by atoms with Crippen LogP contribution < -0.4 is 5.32 Å². The summed E-state index contributed by atoms with van der Waals surface area (Å²) < 4.78 is 10.5. The fourth-order valence-corrected chi connectivity index (χ4v) is 2.06. The highest BCUT2D eigenvalue weighted by molar-refractivity contribution is 5.21. The van der Waals surface area contributed by atoms with Crippen molar-refractivity contribution in [3.63, 3.8) is 0 Å². The highest BCUT2D eigenvalue weighted by atomic mass is 16.5. The zero-order valence-corrected chi connectivity index (χ0v) is 10.8. The van der Waals surface area contributed by atoms with E-state index in [1.165, 1.54) is 0 Å². The van der Waals surface area contributed by atoms with E-state index in [0.717, 1.165) is 31.9 Å². The molecule has 5 nitrogen and oxygen atoms in total. The Morgan fingerprint density at radius 1 is 1.24 bits per heavy atom. The van der Waals surface area contributed by atoms with Crippen LogP contribution in [0.15, 0.2) is 4.52 Å². The van der Waals surface area contributed by atoms with Gasteiger partial charge in [0, 0.05) is 25.2 Å². The van der Waals surface area contributed by atoms with E-state index >= 15 is 0 Å². The van der Waals surface area contributed by atoms with Gasteiger partial charge in [-0.3, -0.25) is 0 Å². The number of hydrogen-bond acceptors (Lipinski definition) is 5. The number of nitrogens with zero attached hydrogens (tertiary/aromatic N) is 2. The van der Waals surface area contributed by atoms with Crippen molar-refractivity contribution < 1.29 is 9.26 Å². The Kier molecular flexibility index (Phi) is 3.99. The maximum Gasteiger partial charge on any atom is 0.321 e. The molecule has 17 heavy (non-hydrogen) atoms. The van der Waals surface area contributed by atoms with Gasteiger partial charge in [0.05, 0.1) is 0 Å². The molecule has 1 fully saturated rings. The third-order valence-electron chi connectivity index (χ3n) is 3.28. The summed E-state index contributed by atoms with van der Waals surface area (Å²) in [6.45, 7) is 7.98. The van der Waals surface area contributed by atoms with Gasteiger partial charge in [-0.15, -0.1) is 0 Å². The number of ether oxygens (including phenoxy) is 1. The summed E-state index contributed by atoms with van der Waals surface area (Å²) in [6, 6.07) is 0.882. The summed E-state index contributed by atoms with van der Waals surface area (Å²) in [6.07, 6.45) is 2.19. The van der Waals surface area contributed by atoms with Crippen molar-refractivity contribution >= 4 is 6.01 Å². The molecule has 0 aromatic carbocycles. The van der Waals surface area contributed by atoms with Gasteiger partial charge < -0.3 is 14.6 Å². The first-order chi connectivity index (χ1) is 8.16. The lowest BCUT2D eigenvalue weighted by Gasteiger charge is -2.27. The van der Waals surface area contributed by atoms with Gasteiger partial charge in [0.25, 0.3) is 0 Å². The average Bonchev–Trinajstić information content (AvgIpc) is 2.79. The number of hydrogen-bond donors (Lipinski definition) is 1. The number of aromatic nitrogens is 2. The molecule has 2 heterocycles. The molecule has 1 aromatic heterocycles. The minimum Gasteiger partial charge on any atom is -0.381 e. The lowest BCUT2D eigenvalue weighted by atomic mass is 9.93. The summed E-state index contributed by atoms with van der Waals surface area (Å²) in [7, 11) is 0. The van der Waals surface area contributed by atoms with Gasteiger partial charge in [-0.1, -0.05) is 19.0 Å². The summed E-state index contributed by atoms with van der Waals surface area (Å²) >= 11 is 0. The van der Waals surface area contributed by atoms with Gasteiger partial charge in [0.1, 0.15) is 0 Å². The molecule has 0 amide bonds. The summed E-state index contributed by atoms with van der Waals surface area (Å²) in [5, 5.41) is 7.23. The molecule has 0 saturated carbocycles. The largest absolute Gasteiger partial charge is 0.381 e. The lowest BCUT2D eigenvalue weighted by Crippen LogP contribution is -2.31. The van der Waals surface area contributed by atoms with Crippen LogP contribution in [0, 0.1) is 5.92 Å². The van der Waals surface area contributed by atoms with Crippen LogP contribution >= 0.6 is 0 Å². The minimum atomic E-state index is 0.299. The second-order valence-electron chi connectivity index (χ2n) is 5.00. The first-order valence-corrected chi connectivity index (χ1v) is 6.34. The molecule has 0 spiro atoms. The van der Waals surface area contributed by atoms with Crippen LogP contribution in [-0.2, 0) is 4.74 Å². The topological polar surface area (TPSA) is 60.2 Å². The molecule has 1 aliphatic heterocycles. The third-order valence-corrected chi connectivity index (χ3v) is 3.28. The molecule has 0 radical (unpaired) electrons. The van der Waals surface area contributed by atoms with Gasteiger partial charge in [0.15, 0.2) is 5.82 Å². The Morgan fingerprint density at radius 3 is 2.53 bits per heavy atom. The Morgan fingerprint density at radius 2 is 1.94 bits per heavy atom. The molecule has 96 valence electrons. The maximum atomic E-state index is 5.36. The van der Waals surface area contributed by atoms with Crippen LogP contribution in [-0.4, -0.2) is 29.4 Å². The van der Waals surface area contributed by atoms with E-state index in [2.05, 4.69) is 36.2 Å². The molecule has 0 aliphatic carbocycles. The van der Waals surface area contributed by atoms with Crippen molar-refractivity contribution in [2.75, 3.05) is 18.5 Å². The van der Waals surface area contributed by atoms with Crippen LogP contribution in [0.3, 0.4) is 0 Å². The van der Waals surface area contributed by atoms with Gasteiger partial charge in [-0.2, -0.15) is 4.98 Å². The molecule has 2 rings (SSSR count). The van der Waals surface area contributed by atoms with Crippen molar-refractivity contribution in [1.29, 1.82) is 0 Å². The van der Waals surface area contributed by atoms with Crippen LogP contribution in [0.2, 0.25) is 0 Å². The Balaban J connectivity index is 1.90. The van der Waals surface area contributed by atoms with E-state index in [9.17, 15) is 0 Å². The molecule has 1 N–H and O–H groups in total. The van der Waals surface area contributed by atoms with Crippen LogP contribution in [0.5, 0.6) is 0 Å². The van der Waals surface area contributed by atoms with Crippen molar-refractivity contribution in [3.8, 4) is 0 Å². The van der Waals surface area contributed by atoms with E-state index in [0.29, 0.717) is 23.9 Å². The first-order valence-electron chi connectivity index (χ1n) is 6.34. The van der Waals surface area contributed by atoms with Crippen LogP contribution in [0.25, 0.3) is 0 Å². The maximum absolute atomic E-state index is 5.36. The number of anilines is 1. The highest BCUT2D eigenvalue weighted by Gasteiger charge is 2.22. The Bertz CT molecular complexity index is 345. The quantitative estimate of drug-likeness (QED) is 0.874. The zero-order chi connectivity index (χ0) is 12.3. The minimum absolute atomic E-state index is 0.299. The predicted octanol–water partition coefficient (Wildman–Crippen LogP) is 2.42. The first kappa shape index (κ1) is 12.4. The monoisotopic (exact) mass is 239 g/mol. The molecule has 0 bridgehead atoms. The summed E-state index contributed by atoms with van der Waals surface area (Å²) in [4.78, 5) is 4.32. The van der Waals surface area contributed by atoms with Crippen molar-refractivity contribution in [1.82, 2.24) is 10.1 Å². The second-order valence-corrected chi connectivity index (χ2v) is 5.00. The lowest BCUT2D eigenvalue weighted by molar-refractivity contribution is 0.0619. The zero-order valence-electron chi connectivity index (χ0n) is 10.8. The Hall–Kier alpha value is -1.10. The second kappa shape index (κ2) is 5.49. The van der Waals surface area contributed by atoms with Crippen LogP contribution in [0.4, 0.5) is 6.01 Å².